The second-order valence-corrected chi connectivity index (χ2v) is 4.89. The van der Waals surface area contributed by atoms with Crippen LogP contribution in [0.2, 0.25) is 0 Å². The SMILES string of the molecule is CC(OC(=O)Cc1ccc(OC(F)F)cc1)C(=O)Nc1ncccn1. The second kappa shape index (κ2) is 8.67. The number of carbonyl (C=O) groups is 2. The van der Waals surface area contributed by atoms with E-state index in [1.807, 2.05) is 0 Å². The fourth-order valence-corrected chi connectivity index (χ4v) is 1.82. The molecule has 1 amide bonds. The van der Waals surface area contributed by atoms with Crippen LogP contribution in [-0.4, -0.2) is 34.6 Å². The van der Waals surface area contributed by atoms with Crippen LogP contribution in [0.25, 0.3) is 0 Å². The molecule has 1 aromatic heterocycles. The van der Waals surface area contributed by atoms with Crippen molar-refractivity contribution < 1.29 is 27.8 Å². The van der Waals surface area contributed by atoms with Gasteiger partial charge in [-0.15, -0.1) is 0 Å². The summed E-state index contributed by atoms with van der Waals surface area (Å²) in [5.41, 5.74) is 0.533. The van der Waals surface area contributed by atoms with Crippen molar-refractivity contribution in [2.75, 3.05) is 5.32 Å². The van der Waals surface area contributed by atoms with Crippen molar-refractivity contribution in [3.05, 3.63) is 48.3 Å². The smallest absolute Gasteiger partial charge is 0.387 e. The predicted octanol–water partition coefficient (Wildman–Crippen LogP) is 2.19. The summed E-state index contributed by atoms with van der Waals surface area (Å²) in [6.45, 7) is -1.50. The third kappa shape index (κ3) is 6.13. The van der Waals surface area contributed by atoms with Gasteiger partial charge in [0.2, 0.25) is 5.95 Å². The highest BCUT2D eigenvalue weighted by atomic mass is 19.3. The zero-order valence-corrected chi connectivity index (χ0v) is 13.2. The summed E-state index contributed by atoms with van der Waals surface area (Å²) >= 11 is 0. The molecule has 0 aliphatic rings. The highest BCUT2D eigenvalue weighted by Crippen LogP contribution is 2.15. The minimum atomic E-state index is -2.91. The molecule has 25 heavy (non-hydrogen) atoms. The minimum Gasteiger partial charge on any atom is -0.452 e. The number of halogens is 2. The first kappa shape index (κ1) is 18.2. The van der Waals surface area contributed by atoms with E-state index in [0.29, 0.717) is 5.56 Å². The highest BCUT2D eigenvalue weighted by Gasteiger charge is 2.19. The predicted molar refractivity (Wildman–Crippen MR) is 83.0 cm³/mol. The molecule has 0 aliphatic heterocycles. The van der Waals surface area contributed by atoms with Crippen molar-refractivity contribution in [3.63, 3.8) is 0 Å². The molecule has 0 saturated heterocycles. The van der Waals surface area contributed by atoms with Gasteiger partial charge in [-0.3, -0.25) is 14.9 Å². The Hall–Kier alpha value is -3.10. The van der Waals surface area contributed by atoms with Crippen LogP contribution in [0, 0.1) is 0 Å². The van der Waals surface area contributed by atoms with Crippen LogP contribution in [0.4, 0.5) is 14.7 Å². The van der Waals surface area contributed by atoms with E-state index < -0.39 is 24.6 Å². The molecule has 1 aromatic carbocycles. The zero-order valence-electron chi connectivity index (χ0n) is 13.2. The Morgan fingerprint density at radius 1 is 1.16 bits per heavy atom. The van der Waals surface area contributed by atoms with Crippen LogP contribution in [0.15, 0.2) is 42.7 Å². The standard InChI is InChI=1S/C16H15F2N3O4/c1-10(14(23)21-16-19-7-2-8-20-16)24-13(22)9-11-3-5-12(6-4-11)25-15(17)18/h2-8,10,15H,9H2,1H3,(H,19,20,21,23). The lowest BCUT2D eigenvalue weighted by Gasteiger charge is -2.13. The summed E-state index contributed by atoms with van der Waals surface area (Å²) in [6, 6.07) is 7.15. The first-order chi connectivity index (χ1) is 11.9. The molecule has 9 heteroatoms. The molecule has 2 aromatic rings. The summed E-state index contributed by atoms with van der Waals surface area (Å²) in [7, 11) is 0. The van der Waals surface area contributed by atoms with E-state index in [1.54, 1.807) is 6.07 Å². The summed E-state index contributed by atoms with van der Waals surface area (Å²) in [5, 5.41) is 2.41. The molecule has 0 radical (unpaired) electrons. The van der Waals surface area contributed by atoms with E-state index in [1.165, 1.54) is 43.6 Å². The number of benzene rings is 1. The third-order valence-corrected chi connectivity index (χ3v) is 2.98. The van der Waals surface area contributed by atoms with Crippen LogP contribution in [0.1, 0.15) is 12.5 Å². The Labute approximate surface area is 142 Å². The van der Waals surface area contributed by atoms with Crippen molar-refractivity contribution in [2.24, 2.45) is 0 Å². The molecular formula is C16H15F2N3O4. The molecule has 0 fully saturated rings. The first-order valence-electron chi connectivity index (χ1n) is 7.25. The fraction of sp³-hybridized carbons (Fsp3) is 0.250. The number of carbonyl (C=O) groups excluding carboxylic acids is 2. The molecule has 132 valence electrons. The van der Waals surface area contributed by atoms with Gasteiger partial charge < -0.3 is 9.47 Å². The van der Waals surface area contributed by atoms with E-state index in [9.17, 15) is 18.4 Å². The van der Waals surface area contributed by atoms with E-state index in [4.69, 9.17) is 4.74 Å². The number of aromatic nitrogens is 2. The van der Waals surface area contributed by atoms with Gasteiger partial charge in [-0.05, 0) is 30.7 Å². The van der Waals surface area contributed by atoms with Gasteiger partial charge in [0.25, 0.3) is 5.91 Å². The summed E-state index contributed by atoms with van der Waals surface area (Å²) in [4.78, 5) is 31.4. The van der Waals surface area contributed by atoms with Gasteiger partial charge >= 0.3 is 12.6 Å². The Bertz CT molecular complexity index is 711. The van der Waals surface area contributed by atoms with Gasteiger partial charge in [-0.2, -0.15) is 8.78 Å². The Morgan fingerprint density at radius 3 is 2.40 bits per heavy atom. The van der Waals surface area contributed by atoms with E-state index in [2.05, 4.69) is 20.0 Å². The number of esters is 1. The number of hydrogen-bond donors (Lipinski definition) is 1. The molecule has 1 unspecified atom stereocenters. The number of ether oxygens (including phenoxy) is 2. The monoisotopic (exact) mass is 351 g/mol. The number of rotatable bonds is 7. The number of hydrogen-bond acceptors (Lipinski definition) is 6. The summed E-state index contributed by atoms with van der Waals surface area (Å²) in [6.07, 6.45) is 1.76. The molecule has 0 saturated carbocycles. The minimum absolute atomic E-state index is 0.0114. The van der Waals surface area contributed by atoms with E-state index >= 15 is 0 Å². The molecule has 1 atom stereocenters. The Morgan fingerprint density at radius 2 is 1.80 bits per heavy atom. The second-order valence-electron chi connectivity index (χ2n) is 4.89. The van der Waals surface area contributed by atoms with Crippen LogP contribution < -0.4 is 10.1 Å². The normalized spacial score (nSPS) is 11.7. The highest BCUT2D eigenvalue weighted by molar-refractivity contribution is 5.93. The van der Waals surface area contributed by atoms with E-state index in [0.717, 1.165) is 0 Å². The maximum absolute atomic E-state index is 12.1. The number of alkyl halides is 2. The molecule has 0 aliphatic carbocycles. The van der Waals surface area contributed by atoms with Crippen molar-refractivity contribution >= 4 is 17.8 Å². The average molecular weight is 351 g/mol. The van der Waals surface area contributed by atoms with Gasteiger partial charge in [-0.25, -0.2) is 9.97 Å². The molecule has 0 spiro atoms. The Balaban J connectivity index is 1.83. The number of nitrogens with zero attached hydrogens (tertiary/aromatic N) is 2. The maximum atomic E-state index is 12.1. The van der Waals surface area contributed by atoms with Crippen LogP contribution in [0.5, 0.6) is 5.75 Å². The van der Waals surface area contributed by atoms with Gasteiger partial charge in [0.05, 0.1) is 6.42 Å². The number of amides is 1. The van der Waals surface area contributed by atoms with Crippen molar-refractivity contribution in [2.45, 2.75) is 26.1 Å². The molecule has 7 nitrogen and oxygen atoms in total. The molecule has 0 bridgehead atoms. The third-order valence-electron chi connectivity index (χ3n) is 2.98. The lowest BCUT2D eigenvalue weighted by Crippen LogP contribution is -2.31. The van der Waals surface area contributed by atoms with Crippen LogP contribution >= 0.6 is 0 Å². The molecule has 1 N–H and O–H groups in total. The zero-order chi connectivity index (χ0) is 18.2. The maximum Gasteiger partial charge on any atom is 0.387 e. The topological polar surface area (TPSA) is 90.4 Å². The fourth-order valence-electron chi connectivity index (χ4n) is 1.82. The van der Waals surface area contributed by atoms with Crippen molar-refractivity contribution in [3.8, 4) is 5.75 Å². The van der Waals surface area contributed by atoms with Gasteiger partial charge in [-0.1, -0.05) is 12.1 Å². The molecule has 2 rings (SSSR count). The van der Waals surface area contributed by atoms with Gasteiger partial charge in [0, 0.05) is 12.4 Å². The summed E-state index contributed by atoms with van der Waals surface area (Å²) < 4.78 is 33.4. The van der Waals surface area contributed by atoms with Crippen LogP contribution in [-0.2, 0) is 20.7 Å². The largest absolute Gasteiger partial charge is 0.452 e. The summed E-state index contributed by atoms with van der Waals surface area (Å²) in [5.74, 6) is -1.12. The Kier molecular flexibility index (Phi) is 6.33. The lowest BCUT2D eigenvalue weighted by molar-refractivity contribution is -0.152. The van der Waals surface area contributed by atoms with Crippen molar-refractivity contribution in [1.82, 2.24) is 9.97 Å². The first-order valence-corrected chi connectivity index (χ1v) is 7.25. The lowest BCUT2D eigenvalue weighted by atomic mass is 10.1. The van der Waals surface area contributed by atoms with Crippen LogP contribution in [0.3, 0.4) is 0 Å². The number of anilines is 1. The quantitative estimate of drug-likeness (QED) is 0.769. The molecular weight excluding hydrogens is 336 g/mol. The molecule has 1 heterocycles. The van der Waals surface area contributed by atoms with E-state index in [-0.39, 0.29) is 18.1 Å². The number of nitrogens with one attached hydrogen (secondary N) is 1. The van der Waals surface area contributed by atoms with Gasteiger partial charge in [0.1, 0.15) is 5.75 Å². The van der Waals surface area contributed by atoms with Gasteiger partial charge in [0.15, 0.2) is 6.10 Å². The average Bonchev–Trinajstić information content (AvgIpc) is 2.57. The van der Waals surface area contributed by atoms with Crippen molar-refractivity contribution in [1.29, 1.82) is 0 Å².